The SMILES string of the molecule is CCCCCCCCN(CCCCCCCC)c1ccc(N=Nc2ccc(S)cc2)cc1. The second-order valence-corrected chi connectivity index (χ2v) is 9.27. The zero-order valence-electron chi connectivity index (χ0n) is 20.3. The maximum absolute atomic E-state index is 4.40. The maximum Gasteiger partial charge on any atom is 0.0858 e. The number of hydrogen-bond donors (Lipinski definition) is 1. The topological polar surface area (TPSA) is 28.0 Å². The van der Waals surface area contributed by atoms with Crippen LogP contribution < -0.4 is 4.90 Å². The summed E-state index contributed by atoms with van der Waals surface area (Å²) in [5.41, 5.74) is 3.05. The van der Waals surface area contributed by atoms with Crippen LogP contribution in [0.5, 0.6) is 0 Å². The van der Waals surface area contributed by atoms with Crippen LogP contribution in [0.3, 0.4) is 0 Å². The molecule has 0 saturated carbocycles. The number of unbranched alkanes of at least 4 members (excludes halogenated alkanes) is 10. The molecular formula is C28H43N3S. The fourth-order valence-corrected chi connectivity index (χ4v) is 4.05. The summed E-state index contributed by atoms with van der Waals surface area (Å²) >= 11 is 4.31. The molecule has 0 spiro atoms. The van der Waals surface area contributed by atoms with Crippen molar-refractivity contribution in [2.24, 2.45) is 10.2 Å². The Balaban J connectivity index is 1.89. The van der Waals surface area contributed by atoms with Gasteiger partial charge in [-0.2, -0.15) is 10.2 Å². The third-order valence-corrected chi connectivity index (χ3v) is 6.21. The molecule has 0 unspecified atom stereocenters. The van der Waals surface area contributed by atoms with Crippen LogP contribution in [0.15, 0.2) is 63.7 Å². The summed E-state index contributed by atoms with van der Waals surface area (Å²) in [7, 11) is 0. The first kappa shape index (κ1) is 26.4. The minimum Gasteiger partial charge on any atom is -0.372 e. The molecule has 0 fully saturated rings. The first-order valence-corrected chi connectivity index (χ1v) is 13.2. The van der Waals surface area contributed by atoms with Gasteiger partial charge in [0.05, 0.1) is 11.4 Å². The minimum atomic E-state index is 0.847. The molecule has 0 amide bonds. The lowest BCUT2D eigenvalue weighted by atomic mass is 10.1. The van der Waals surface area contributed by atoms with Crippen molar-refractivity contribution in [3.05, 3.63) is 48.5 Å². The van der Waals surface area contributed by atoms with E-state index in [2.05, 4.69) is 65.9 Å². The molecule has 0 aliphatic carbocycles. The molecule has 176 valence electrons. The fraction of sp³-hybridized carbons (Fsp3) is 0.571. The Hall–Kier alpha value is -1.81. The Kier molecular flexibility index (Phi) is 13.9. The molecule has 2 aromatic rings. The Morgan fingerprint density at radius 3 is 1.44 bits per heavy atom. The highest BCUT2D eigenvalue weighted by Gasteiger charge is 2.07. The Bertz CT molecular complexity index is 724. The molecule has 0 bridgehead atoms. The summed E-state index contributed by atoms with van der Waals surface area (Å²) in [6, 6.07) is 16.3. The summed E-state index contributed by atoms with van der Waals surface area (Å²) in [6.45, 7) is 6.86. The quantitative estimate of drug-likeness (QED) is 0.144. The number of nitrogens with zero attached hydrogens (tertiary/aromatic N) is 3. The predicted octanol–water partition coefficient (Wildman–Crippen LogP) is 9.92. The lowest BCUT2D eigenvalue weighted by Gasteiger charge is -2.25. The number of hydrogen-bond acceptors (Lipinski definition) is 4. The van der Waals surface area contributed by atoms with Crippen LogP contribution in [0.1, 0.15) is 90.9 Å². The second-order valence-electron chi connectivity index (χ2n) is 8.76. The van der Waals surface area contributed by atoms with Gasteiger partial charge < -0.3 is 4.90 Å². The van der Waals surface area contributed by atoms with E-state index >= 15 is 0 Å². The van der Waals surface area contributed by atoms with E-state index in [0.717, 1.165) is 29.4 Å². The first-order valence-electron chi connectivity index (χ1n) is 12.8. The molecule has 0 aliphatic heterocycles. The summed E-state index contributed by atoms with van der Waals surface area (Å²) in [4.78, 5) is 3.51. The molecule has 2 rings (SSSR count). The first-order chi connectivity index (χ1) is 15.7. The van der Waals surface area contributed by atoms with Gasteiger partial charge in [0.1, 0.15) is 0 Å². The molecular weight excluding hydrogens is 410 g/mol. The molecule has 0 N–H and O–H groups in total. The minimum absolute atomic E-state index is 0.847. The van der Waals surface area contributed by atoms with Crippen LogP contribution in [0.4, 0.5) is 17.1 Å². The van der Waals surface area contributed by atoms with Crippen molar-refractivity contribution in [1.82, 2.24) is 0 Å². The average molecular weight is 454 g/mol. The molecule has 0 saturated heterocycles. The van der Waals surface area contributed by atoms with Gasteiger partial charge in [-0.3, -0.25) is 0 Å². The molecule has 32 heavy (non-hydrogen) atoms. The van der Waals surface area contributed by atoms with Crippen LogP contribution in [0, 0.1) is 0 Å². The van der Waals surface area contributed by atoms with Gasteiger partial charge in [0.25, 0.3) is 0 Å². The van der Waals surface area contributed by atoms with E-state index in [1.165, 1.54) is 82.7 Å². The van der Waals surface area contributed by atoms with Crippen LogP contribution in [0.2, 0.25) is 0 Å². The Morgan fingerprint density at radius 2 is 0.969 bits per heavy atom. The standard InChI is InChI=1S/C28H43N3S/c1-3-5-7-9-11-13-23-31(24-14-12-10-8-6-4-2)27-19-15-25(16-20-27)29-30-26-17-21-28(32)22-18-26/h15-22,32H,3-14,23-24H2,1-2H3. The van der Waals surface area contributed by atoms with Gasteiger partial charge in [-0.05, 0) is 61.4 Å². The normalized spacial score (nSPS) is 11.3. The zero-order chi connectivity index (χ0) is 22.9. The highest BCUT2D eigenvalue weighted by Crippen LogP contribution is 2.24. The van der Waals surface area contributed by atoms with E-state index in [0.29, 0.717) is 0 Å². The number of rotatable bonds is 17. The summed E-state index contributed by atoms with van der Waals surface area (Å²) in [5, 5.41) is 8.74. The van der Waals surface area contributed by atoms with Gasteiger partial charge in [0.2, 0.25) is 0 Å². The van der Waals surface area contributed by atoms with Gasteiger partial charge >= 0.3 is 0 Å². The van der Waals surface area contributed by atoms with Crippen molar-refractivity contribution in [1.29, 1.82) is 0 Å². The van der Waals surface area contributed by atoms with E-state index in [1.54, 1.807) is 0 Å². The highest BCUT2D eigenvalue weighted by atomic mass is 32.1. The van der Waals surface area contributed by atoms with Crippen molar-refractivity contribution in [3.63, 3.8) is 0 Å². The summed E-state index contributed by atoms with van der Waals surface area (Å²) in [5.74, 6) is 0. The molecule has 0 radical (unpaired) electrons. The smallest absolute Gasteiger partial charge is 0.0858 e. The van der Waals surface area contributed by atoms with Crippen molar-refractivity contribution in [2.75, 3.05) is 18.0 Å². The van der Waals surface area contributed by atoms with Gasteiger partial charge in [-0.15, -0.1) is 12.6 Å². The van der Waals surface area contributed by atoms with Crippen LogP contribution >= 0.6 is 12.6 Å². The van der Waals surface area contributed by atoms with Crippen LogP contribution in [-0.2, 0) is 0 Å². The number of thiol groups is 1. The van der Waals surface area contributed by atoms with Gasteiger partial charge in [0.15, 0.2) is 0 Å². The van der Waals surface area contributed by atoms with Crippen LogP contribution in [-0.4, -0.2) is 13.1 Å². The third kappa shape index (κ3) is 11.2. The molecule has 0 aliphatic rings. The average Bonchev–Trinajstić information content (AvgIpc) is 2.82. The van der Waals surface area contributed by atoms with Gasteiger partial charge in [0, 0.05) is 23.7 Å². The van der Waals surface area contributed by atoms with Crippen molar-refractivity contribution in [3.8, 4) is 0 Å². The Morgan fingerprint density at radius 1 is 0.562 bits per heavy atom. The van der Waals surface area contributed by atoms with E-state index in [1.807, 2.05) is 24.3 Å². The van der Waals surface area contributed by atoms with E-state index < -0.39 is 0 Å². The molecule has 4 heteroatoms. The van der Waals surface area contributed by atoms with E-state index in [4.69, 9.17) is 0 Å². The summed E-state index contributed by atoms with van der Waals surface area (Å²) < 4.78 is 0. The molecule has 2 aromatic carbocycles. The highest BCUT2D eigenvalue weighted by molar-refractivity contribution is 7.80. The fourth-order valence-electron chi connectivity index (χ4n) is 3.90. The zero-order valence-corrected chi connectivity index (χ0v) is 21.2. The number of azo groups is 1. The Labute approximate surface area is 202 Å². The second kappa shape index (κ2) is 16.8. The molecule has 0 aromatic heterocycles. The lowest BCUT2D eigenvalue weighted by molar-refractivity contribution is 0.575. The van der Waals surface area contributed by atoms with Gasteiger partial charge in [-0.25, -0.2) is 0 Å². The maximum atomic E-state index is 4.40. The largest absolute Gasteiger partial charge is 0.372 e. The van der Waals surface area contributed by atoms with Crippen molar-refractivity contribution < 1.29 is 0 Å². The number of benzene rings is 2. The van der Waals surface area contributed by atoms with E-state index in [9.17, 15) is 0 Å². The molecule has 0 heterocycles. The van der Waals surface area contributed by atoms with Crippen molar-refractivity contribution in [2.45, 2.75) is 95.8 Å². The van der Waals surface area contributed by atoms with Crippen molar-refractivity contribution >= 4 is 29.7 Å². The van der Waals surface area contributed by atoms with E-state index in [-0.39, 0.29) is 0 Å². The third-order valence-electron chi connectivity index (χ3n) is 5.91. The summed E-state index contributed by atoms with van der Waals surface area (Å²) in [6.07, 6.45) is 16.1. The predicted molar refractivity (Wildman–Crippen MR) is 143 cm³/mol. The molecule has 3 nitrogen and oxygen atoms in total. The van der Waals surface area contributed by atoms with Gasteiger partial charge in [-0.1, -0.05) is 78.1 Å². The van der Waals surface area contributed by atoms with Crippen LogP contribution in [0.25, 0.3) is 0 Å². The molecule has 0 atom stereocenters. The number of anilines is 1. The monoisotopic (exact) mass is 453 g/mol. The lowest BCUT2D eigenvalue weighted by Crippen LogP contribution is -2.25.